The molecule has 28 heavy (non-hydrogen) atoms. The molecule has 0 spiro atoms. The molecule has 0 radical (unpaired) electrons. The van der Waals surface area contributed by atoms with Crippen LogP contribution in [-0.4, -0.2) is 63.8 Å². The third kappa shape index (κ3) is 3.58. The van der Waals surface area contributed by atoms with Gasteiger partial charge in [0.2, 0.25) is 0 Å². The van der Waals surface area contributed by atoms with Gasteiger partial charge in [-0.25, -0.2) is 8.78 Å². The number of fused-ring (bicyclic) bond motifs is 1. The lowest BCUT2D eigenvalue weighted by Gasteiger charge is -2.43. The summed E-state index contributed by atoms with van der Waals surface area (Å²) in [6.07, 6.45) is 0.0172. The molecule has 2 saturated heterocycles. The predicted octanol–water partition coefficient (Wildman–Crippen LogP) is 4.00. The maximum atomic E-state index is 14.2. The summed E-state index contributed by atoms with van der Waals surface area (Å²) in [7, 11) is 0. The molecule has 0 amide bonds. The first-order valence-electron chi connectivity index (χ1n) is 10.1. The predicted molar refractivity (Wildman–Crippen MR) is 106 cm³/mol. The van der Waals surface area contributed by atoms with E-state index in [2.05, 4.69) is 53.4 Å². The summed E-state index contributed by atoms with van der Waals surface area (Å²) in [6, 6.07) is -1.53. The Bertz CT molecular complexity index is 731. The molecule has 0 aliphatic carbocycles. The molecule has 158 valence electrons. The fourth-order valence-corrected chi connectivity index (χ4v) is 5.10. The van der Waals surface area contributed by atoms with E-state index in [0.717, 1.165) is 17.1 Å². The second-order valence-electron chi connectivity index (χ2n) is 10.5. The van der Waals surface area contributed by atoms with E-state index in [1.807, 2.05) is 0 Å². The minimum absolute atomic E-state index is 0.0625. The highest BCUT2D eigenvalue weighted by molar-refractivity contribution is 5.91. The lowest BCUT2D eigenvalue weighted by molar-refractivity contribution is -0.142. The Balaban J connectivity index is 2.11. The van der Waals surface area contributed by atoms with Gasteiger partial charge in [-0.15, -0.1) is 0 Å². The van der Waals surface area contributed by atoms with Gasteiger partial charge in [0.25, 0.3) is 5.92 Å². The number of alkyl halides is 2. The number of aliphatic carboxylic acids is 1. The Morgan fingerprint density at radius 3 is 2.29 bits per heavy atom. The van der Waals surface area contributed by atoms with Crippen molar-refractivity contribution in [1.29, 1.82) is 0 Å². The van der Waals surface area contributed by atoms with Crippen molar-refractivity contribution in [3.8, 4) is 0 Å². The van der Waals surface area contributed by atoms with Crippen LogP contribution in [0.1, 0.15) is 61.3 Å². The average molecular weight is 398 g/mol. The second kappa shape index (κ2) is 6.51. The summed E-state index contributed by atoms with van der Waals surface area (Å²) in [4.78, 5) is 20.5. The Labute approximate surface area is 166 Å². The zero-order chi connectivity index (χ0) is 21.2. The third-order valence-corrected chi connectivity index (χ3v) is 5.97. The number of nitrogens with zero attached hydrogens (tertiary/aromatic N) is 3. The zero-order valence-electron chi connectivity index (χ0n) is 18.0. The number of carboxylic acids is 1. The Morgan fingerprint density at radius 2 is 1.79 bits per heavy atom. The quantitative estimate of drug-likeness (QED) is 0.765. The zero-order valence-corrected chi connectivity index (χ0v) is 18.0. The second-order valence-corrected chi connectivity index (χ2v) is 10.5. The average Bonchev–Trinajstić information content (AvgIpc) is 3.04. The maximum absolute atomic E-state index is 14.2. The molecule has 3 rings (SSSR count). The minimum atomic E-state index is -2.97. The third-order valence-electron chi connectivity index (χ3n) is 5.97. The van der Waals surface area contributed by atoms with E-state index in [-0.39, 0.29) is 22.9 Å². The van der Waals surface area contributed by atoms with Gasteiger partial charge in [-0.3, -0.25) is 14.7 Å². The van der Waals surface area contributed by atoms with Crippen LogP contribution < -0.4 is 0 Å². The molecule has 0 aromatic carbocycles. The highest BCUT2D eigenvalue weighted by Crippen LogP contribution is 2.46. The fraction of sp³-hybridized carbons (Fsp3) is 0.810. The van der Waals surface area contributed by atoms with E-state index in [1.54, 1.807) is 0 Å². The summed E-state index contributed by atoms with van der Waals surface area (Å²) in [5.74, 6) is -3.18. The molecule has 3 atom stereocenters. The highest BCUT2D eigenvalue weighted by Gasteiger charge is 2.54. The van der Waals surface area contributed by atoms with Crippen LogP contribution >= 0.6 is 0 Å². The van der Waals surface area contributed by atoms with Crippen LogP contribution in [0.5, 0.6) is 0 Å². The molecule has 1 N–H and O–H groups in total. The van der Waals surface area contributed by atoms with Crippen LogP contribution in [0.15, 0.2) is 16.3 Å². The van der Waals surface area contributed by atoms with Crippen molar-refractivity contribution in [1.82, 2.24) is 9.80 Å². The van der Waals surface area contributed by atoms with E-state index < -0.39 is 30.9 Å². The molecule has 0 aromatic heterocycles. The van der Waals surface area contributed by atoms with Crippen LogP contribution in [0.4, 0.5) is 8.78 Å². The van der Waals surface area contributed by atoms with Crippen LogP contribution in [0.25, 0.3) is 0 Å². The molecule has 3 aliphatic rings. The van der Waals surface area contributed by atoms with E-state index in [1.165, 1.54) is 4.90 Å². The van der Waals surface area contributed by atoms with Crippen LogP contribution in [-0.2, 0) is 4.79 Å². The van der Waals surface area contributed by atoms with E-state index in [9.17, 15) is 18.7 Å². The molecule has 2 fully saturated rings. The van der Waals surface area contributed by atoms with Gasteiger partial charge in [-0.1, -0.05) is 41.5 Å². The Kier molecular flexibility index (Phi) is 4.93. The van der Waals surface area contributed by atoms with E-state index >= 15 is 0 Å². The molecule has 3 heterocycles. The first kappa shape index (κ1) is 21.2. The standard InChI is InChI=1S/C21H33F2N3O2/c1-12-15(19(2,3)4)16-13(8-9-25(16)18(24-12)20(5,6)7)26-11-21(22,23)10-14(26)17(27)28/h12-14H,8-11H2,1-7H3,(H,27,28)/t12-,13?,14-/m0/s1. The smallest absolute Gasteiger partial charge is 0.321 e. The summed E-state index contributed by atoms with van der Waals surface area (Å²) >= 11 is 0. The Hall–Kier alpha value is -1.50. The van der Waals surface area contributed by atoms with Crippen molar-refractivity contribution < 1.29 is 18.7 Å². The Morgan fingerprint density at radius 1 is 1.18 bits per heavy atom. The van der Waals surface area contributed by atoms with Crippen molar-refractivity contribution in [3.05, 3.63) is 11.3 Å². The van der Waals surface area contributed by atoms with Crippen LogP contribution in [0, 0.1) is 10.8 Å². The number of hydrogen-bond acceptors (Lipinski definition) is 4. The lowest BCUT2D eigenvalue weighted by atomic mass is 9.78. The minimum Gasteiger partial charge on any atom is -0.480 e. The molecule has 7 heteroatoms. The van der Waals surface area contributed by atoms with Gasteiger partial charge in [-0.2, -0.15) is 0 Å². The van der Waals surface area contributed by atoms with Gasteiger partial charge >= 0.3 is 5.97 Å². The van der Waals surface area contributed by atoms with Gasteiger partial charge in [0.15, 0.2) is 0 Å². The van der Waals surface area contributed by atoms with Crippen LogP contribution in [0.2, 0.25) is 0 Å². The van der Waals surface area contributed by atoms with Gasteiger partial charge < -0.3 is 10.0 Å². The van der Waals surface area contributed by atoms with Crippen LogP contribution in [0.3, 0.4) is 0 Å². The topological polar surface area (TPSA) is 56.1 Å². The van der Waals surface area contributed by atoms with Crippen molar-refractivity contribution >= 4 is 11.8 Å². The molecular weight excluding hydrogens is 364 g/mol. The normalized spacial score (nSPS) is 31.2. The SMILES string of the molecule is C[C@@H]1N=C(C(C)(C)C)N2CCC(N3CC(F)(F)C[C@H]3C(=O)O)C2=C1C(C)(C)C. The molecule has 3 aliphatic heterocycles. The first-order valence-corrected chi connectivity index (χ1v) is 10.1. The van der Waals surface area contributed by atoms with Gasteiger partial charge in [0.05, 0.1) is 18.6 Å². The highest BCUT2D eigenvalue weighted by atomic mass is 19.3. The summed E-state index contributed by atoms with van der Waals surface area (Å²) in [5.41, 5.74) is 1.76. The van der Waals surface area contributed by atoms with Crippen molar-refractivity contribution in [2.45, 2.75) is 85.4 Å². The summed E-state index contributed by atoms with van der Waals surface area (Å²) in [6.45, 7) is 14.9. The number of halogens is 2. The molecular formula is C21H33F2N3O2. The molecule has 1 unspecified atom stereocenters. The number of hydrogen-bond donors (Lipinski definition) is 1. The van der Waals surface area contributed by atoms with Gasteiger partial charge in [-0.05, 0) is 24.3 Å². The number of aliphatic imine (C=N–C) groups is 1. The monoisotopic (exact) mass is 397 g/mol. The largest absolute Gasteiger partial charge is 0.480 e. The molecule has 0 aromatic rings. The van der Waals surface area contributed by atoms with E-state index in [0.29, 0.717) is 13.0 Å². The number of likely N-dealkylation sites (tertiary alicyclic amines) is 1. The number of amidine groups is 1. The summed E-state index contributed by atoms with van der Waals surface area (Å²) < 4.78 is 28.4. The van der Waals surface area contributed by atoms with Crippen molar-refractivity contribution in [2.75, 3.05) is 13.1 Å². The van der Waals surface area contributed by atoms with E-state index in [4.69, 9.17) is 4.99 Å². The van der Waals surface area contributed by atoms with Gasteiger partial charge in [0, 0.05) is 24.1 Å². The molecule has 0 saturated carbocycles. The fourth-order valence-electron chi connectivity index (χ4n) is 5.10. The first-order chi connectivity index (χ1) is 12.6. The maximum Gasteiger partial charge on any atom is 0.321 e. The summed E-state index contributed by atoms with van der Waals surface area (Å²) in [5, 5.41) is 9.60. The number of carbonyl (C=O) groups is 1. The molecule has 5 nitrogen and oxygen atoms in total. The van der Waals surface area contributed by atoms with Crippen molar-refractivity contribution in [2.24, 2.45) is 15.8 Å². The number of carboxylic acid groups (broad SMARTS) is 1. The van der Waals surface area contributed by atoms with Gasteiger partial charge in [0.1, 0.15) is 11.9 Å². The van der Waals surface area contributed by atoms with Crippen molar-refractivity contribution in [3.63, 3.8) is 0 Å². The number of rotatable bonds is 2. The molecule has 0 bridgehead atoms. The lowest BCUT2D eigenvalue weighted by Crippen LogP contribution is -2.49.